The van der Waals surface area contributed by atoms with Crippen LogP contribution >= 0.6 is 11.6 Å². The molecule has 0 aliphatic carbocycles. The molecule has 9 heteroatoms. The molecular weight excluding hydrogens is 512 g/mol. The number of halogens is 1. The standard InChI is InChI=1S/C28H29ClN2O5S/c1-20-7-10-23(11-8-20)37(33,34)31-18-26(36-25-12-9-22(29)17-24(25)31)27(32)30-19-28(13-15-35-16-14-28)21-5-3-2-4-6-21/h2-12,17,26H,13-16,18-19H2,1H3,(H,30,32). The van der Waals surface area contributed by atoms with Gasteiger partial charge in [0.05, 0.1) is 17.1 Å². The van der Waals surface area contributed by atoms with E-state index in [0.717, 1.165) is 24.0 Å². The fraction of sp³-hybridized carbons (Fsp3) is 0.321. The fourth-order valence-corrected chi connectivity index (χ4v) is 6.55. The zero-order valence-corrected chi connectivity index (χ0v) is 22.1. The maximum Gasteiger partial charge on any atom is 0.264 e. The Morgan fingerprint density at radius 2 is 1.76 bits per heavy atom. The van der Waals surface area contributed by atoms with Gasteiger partial charge in [0.1, 0.15) is 5.75 Å². The number of hydrogen-bond donors (Lipinski definition) is 1. The van der Waals surface area contributed by atoms with Crippen LogP contribution in [0.1, 0.15) is 24.0 Å². The third-order valence-corrected chi connectivity index (χ3v) is 9.16. The molecule has 2 heterocycles. The zero-order valence-electron chi connectivity index (χ0n) is 20.5. The highest BCUT2D eigenvalue weighted by molar-refractivity contribution is 7.92. The fourth-order valence-electron chi connectivity index (χ4n) is 4.92. The van der Waals surface area contributed by atoms with Crippen molar-refractivity contribution in [3.8, 4) is 5.75 Å². The van der Waals surface area contributed by atoms with Gasteiger partial charge in [0.25, 0.3) is 15.9 Å². The van der Waals surface area contributed by atoms with Crippen molar-refractivity contribution in [2.24, 2.45) is 0 Å². The molecular formula is C28H29ClN2O5S. The smallest absolute Gasteiger partial charge is 0.264 e. The van der Waals surface area contributed by atoms with Gasteiger partial charge in [-0.1, -0.05) is 59.6 Å². The first-order valence-corrected chi connectivity index (χ1v) is 14.1. The van der Waals surface area contributed by atoms with E-state index in [9.17, 15) is 13.2 Å². The molecule has 3 aromatic carbocycles. The quantitative estimate of drug-likeness (QED) is 0.498. The molecule has 3 aromatic rings. The lowest BCUT2D eigenvalue weighted by molar-refractivity contribution is -0.128. The monoisotopic (exact) mass is 540 g/mol. The Hall–Kier alpha value is -3.07. The second-order valence-electron chi connectivity index (χ2n) is 9.54. The molecule has 0 saturated carbocycles. The summed E-state index contributed by atoms with van der Waals surface area (Å²) in [6.07, 6.45) is 0.525. The van der Waals surface area contributed by atoms with Crippen molar-refractivity contribution < 1.29 is 22.7 Å². The minimum atomic E-state index is -3.97. The zero-order chi connectivity index (χ0) is 26.0. The van der Waals surface area contributed by atoms with Crippen molar-refractivity contribution in [3.63, 3.8) is 0 Å². The molecule has 1 atom stereocenters. The van der Waals surface area contributed by atoms with Crippen LogP contribution in [0.5, 0.6) is 5.75 Å². The van der Waals surface area contributed by atoms with E-state index in [4.69, 9.17) is 21.1 Å². The van der Waals surface area contributed by atoms with Crippen molar-refractivity contribution in [2.75, 3.05) is 30.6 Å². The molecule has 0 bridgehead atoms. The highest BCUT2D eigenvalue weighted by atomic mass is 35.5. The molecule has 0 spiro atoms. The van der Waals surface area contributed by atoms with Gasteiger partial charge in [-0.05, 0) is 55.7 Å². The maximum absolute atomic E-state index is 13.7. The van der Waals surface area contributed by atoms with Crippen LogP contribution in [-0.2, 0) is 25.0 Å². The van der Waals surface area contributed by atoms with Crippen molar-refractivity contribution in [3.05, 3.63) is 88.9 Å². The van der Waals surface area contributed by atoms with Gasteiger partial charge in [-0.2, -0.15) is 0 Å². The Kier molecular flexibility index (Phi) is 7.16. The topological polar surface area (TPSA) is 84.9 Å². The van der Waals surface area contributed by atoms with E-state index in [1.54, 1.807) is 42.5 Å². The van der Waals surface area contributed by atoms with Crippen LogP contribution in [0.3, 0.4) is 0 Å². The Morgan fingerprint density at radius 3 is 2.46 bits per heavy atom. The summed E-state index contributed by atoms with van der Waals surface area (Å²) in [5.41, 5.74) is 2.14. The van der Waals surface area contributed by atoms with E-state index < -0.39 is 16.1 Å². The second kappa shape index (κ2) is 10.4. The number of benzene rings is 3. The van der Waals surface area contributed by atoms with Gasteiger partial charge in [-0.3, -0.25) is 9.10 Å². The first-order chi connectivity index (χ1) is 17.8. The molecule has 1 fully saturated rings. The molecule has 5 rings (SSSR count). The number of hydrogen-bond acceptors (Lipinski definition) is 5. The van der Waals surface area contributed by atoms with Crippen molar-refractivity contribution in [2.45, 2.75) is 36.2 Å². The summed E-state index contributed by atoms with van der Waals surface area (Å²) in [6.45, 7) is 3.35. The molecule has 194 valence electrons. The Labute approximate surface area is 222 Å². The highest BCUT2D eigenvalue weighted by Gasteiger charge is 2.40. The van der Waals surface area contributed by atoms with E-state index in [-0.39, 0.29) is 28.5 Å². The van der Waals surface area contributed by atoms with Gasteiger partial charge in [-0.25, -0.2) is 8.42 Å². The largest absolute Gasteiger partial charge is 0.476 e. The van der Waals surface area contributed by atoms with Crippen LogP contribution in [0, 0.1) is 6.92 Å². The third-order valence-electron chi connectivity index (χ3n) is 7.13. The van der Waals surface area contributed by atoms with Gasteiger partial charge in [0.15, 0.2) is 6.10 Å². The third kappa shape index (κ3) is 5.19. The van der Waals surface area contributed by atoms with Crippen LogP contribution in [0.15, 0.2) is 77.7 Å². The van der Waals surface area contributed by atoms with Gasteiger partial charge >= 0.3 is 0 Å². The number of anilines is 1. The molecule has 0 radical (unpaired) electrons. The van der Waals surface area contributed by atoms with Gasteiger partial charge in [-0.15, -0.1) is 0 Å². The van der Waals surface area contributed by atoms with Gasteiger partial charge in [0, 0.05) is 30.2 Å². The summed E-state index contributed by atoms with van der Waals surface area (Å²) in [6, 6.07) is 21.5. The summed E-state index contributed by atoms with van der Waals surface area (Å²) in [7, 11) is -3.97. The Morgan fingerprint density at radius 1 is 1.05 bits per heavy atom. The summed E-state index contributed by atoms with van der Waals surface area (Å²) < 4.78 is 40.1. The van der Waals surface area contributed by atoms with E-state index >= 15 is 0 Å². The van der Waals surface area contributed by atoms with Gasteiger partial charge in [0.2, 0.25) is 0 Å². The van der Waals surface area contributed by atoms with Gasteiger partial charge < -0.3 is 14.8 Å². The number of nitrogens with zero attached hydrogens (tertiary/aromatic N) is 1. The van der Waals surface area contributed by atoms with E-state index in [2.05, 4.69) is 17.4 Å². The average molecular weight is 541 g/mol. The molecule has 1 amide bonds. The number of fused-ring (bicyclic) bond motifs is 1. The number of carbonyl (C=O) groups excluding carboxylic acids is 1. The van der Waals surface area contributed by atoms with E-state index in [0.29, 0.717) is 30.5 Å². The van der Waals surface area contributed by atoms with Crippen molar-refractivity contribution >= 4 is 33.2 Å². The van der Waals surface area contributed by atoms with Crippen LogP contribution in [0.4, 0.5) is 5.69 Å². The summed E-state index contributed by atoms with van der Waals surface area (Å²) in [4.78, 5) is 13.6. The number of nitrogens with one attached hydrogen (secondary N) is 1. The van der Waals surface area contributed by atoms with Crippen molar-refractivity contribution in [1.29, 1.82) is 0 Å². The molecule has 37 heavy (non-hydrogen) atoms. The first-order valence-electron chi connectivity index (χ1n) is 12.3. The van der Waals surface area contributed by atoms with E-state index in [1.807, 2.05) is 25.1 Å². The molecule has 1 saturated heterocycles. The normalized spacial score (nSPS) is 19.0. The molecule has 7 nitrogen and oxygen atoms in total. The minimum Gasteiger partial charge on any atom is -0.476 e. The van der Waals surface area contributed by atoms with Crippen LogP contribution in [-0.4, -0.2) is 46.7 Å². The average Bonchev–Trinajstić information content (AvgIpc) is 2.92. The Bertz CT molecular complexity index is 1370. The summed E-state index contributed by atoms with van der Waals surface area (Å²) in [5.74, 6) is -0.0816. The molecule has 2 aliphatic rings. The lowest BCUT2D eigenvalue weighted by atomic mass is 9.74. The predicted molar refractivity (Wildman–Crippen MR) is 143 cm³/mol. The molecule has 0 aromatic heterocycles. The first kappa shape index (κ1) is 25.6. The summed E-state index contributed by atoms with van der Waals surface area (Å²) in [5, 5.41) is 3.43. The number of carbonyl (C=O) groups is 1. The molecule has 1 unspecified atom stereocenters. The van der Waals surface area contributed by atoms with Crippen LogP contribution in [0.2, 0.25) is 5.02 Å². The molecule has 2 aliphatic heterocycles. The molecule has 1 N–H and O–H groups in total. The van der Waals surface area contributed by atoms with Crippen molar-refractivity contribution in [1.82, 2.24) is 5.32 Å². The number of amides is 1. The lowest BCUT2D eigenvalue weighted by Gasteiger charge is -2.39. The second-order valence-corrected chi connectivity index (χ2v) is 11.8. The summed E-state index contributed by atoms with van der Waals surface area (Å²) >= 11 is 6.20. The number of ether oxygens (including phenoxy) is 2. The number of sulfonamides is 1. The maximum atomic E-state index is 13.7. The highest BCUT2D eigenvalue weighted by Crippen LogP contribution is 2.39. The van der Waals surface area contributed by atoms with E-state index in [1.165, 1.54) is 4.31 Å². The van der Waals surface area contributed by atoms with Crippen LogP contribution in [0.25, 0.3) is 0 Å². The minimum absolute atomic E-state index is 0.135. The SMILES string of the molecule is Cc1ccc(S(=O)(=O)N2CC(C(=O)NCC3(c4ccccc4)CCOCC3)Oc3ccc(Cl)cc32)cc1. The predicted octanol–water partition coefficient (Wildman–Crippen LogP) is 4.47. The number of rotatable bonds is 6. The number of aryl methyl sites for hydroxylation is 1. The lowest BCUT2D eigenvalue weighted by Crippen LogP contribution is -2.53. The van der Waals surface area contributed by atoms with Crippen LogP contribution < -0.4 is 14.4 Å². The Balaban J connectivity index is 1.41.